The lowest BCUT2D eigenvalue weighted by atomic mass is 9.97. The van der Waals surface area contributed by atoms with Gasteiger partial charge in [-0.25, -0.2) is 0 Å². The Morgan fingerprint density at radius 3 is 2.30 bits per heavy atom. The molecule has 0 aliphatic heterocycles. The summed E-state index contributed by atoms with van der Waals surface area (Å²) < 4.78 is 0. The largest absolute Gasteiger partial charge is 0.385 e. The van der Waals surface area contributed by atoms with Crippen LogP contribution in [0.1, 0.15) is 33.6 Å². The molecular formula is C8H16O2. The first-order chi connectivity index (χ1) is 4.63. The van der Waals surface area contributed by atoms with E-state index in [2.05, 4.69) is 0 Å². The van der Waals surface area contributed by atoms with Crippen LogP contribution in [0.2, 0.25) is 0 Å². The standard InChI is InChI=1S/C8H16O2/c1-4-6(3)8(10)7(9)5-2/h6,8,10H,4-5H2,1-3H3. The van der Waals surface area contributed by atoms with E-state index >= 15 is 0 Å². The van der Waals surface area contributed by atoms with Gasteiger partial charge in [0.15, 0.2) is 5.78 Å². The minimum atomic E-state index is -0.741. The molecule has 0 fully saturated rings. The lowest BCUT2D eigenvalue weighted by molar-refractivity contribution is -0.129. The zero-order valence-electron chi connectivity index (χ0n) is 6.92. The molecule has 0 radical (unpaired) electrons. The first-order valence-electron chi connectivity index (χ1n) is 3.84. The van der Waals surface area contributed by atoms with Gasteiger partial charge in [-0.2, -0.15) is 0 Å². The van der Waals surface area contributed by atoms with Gasteiger partial charge in [-0.15, -0.1) is 0 Å². The van der Waals surface area contributed by atoms with Crippen molar-refractivity contribution in [2.45, 2.75) is 39.7 Å². The average molecular weight is 144 g/mol. The molecule has 0 aliphatic carbocycles. The number of hydrogen-bond donors (Lipinski definition) is 1. The van der Waals surface area contributed by atoms with Gasteiger partial charge >= 0.3 is 0 Å². The second-order valence-electron chi connectivity index (χ2n) is 2.65. The highest BCUT2D eigenvalue weighted by Crippen LogP contribution is 2.09. The maximum absolute atomic E-state index is 10.9. The Kier molecular flexibility index (Phi) is 4.28. The summed E-state index contributed by atoms with van der Waals surface area (Å²) in [5, 5.41) is 9.24. The van der Waals surface area contributed by atoms with E-state index in [0.717, 1.165) is 6.42 Å². The van der Waals surface area contributed by atoms with Gasteiger partial charge in [0.2, 0.25) is 0 Å². The topological polar surface area (TPSA) is 37.3 Å². The van der Waals surface area contributed by atoms with E-state index in [0.29, 0.717) is 6.42 Å². The number of Topliss-reactive ketones (excluding diaryl/α,β-unsaturated/α-hetero) is 1. The molecular weight excluding hydrogens is 128 g/mol. The molecule has 2 nitrogen and oxygen atoms in total. The second-order valence-corrected chi connectivity index (χ2v) is 2.65. The number of rotatable bonds is 4. The van der Waals surface area contributed by atoms with Crippen molar-refractivity contribution >= 4 is 5.78 Å². The van der Waals surface area contributed by atoms with Gasteiger partial charge in [0, 0.05) is 6.42 Å². The quantitative estimate of drug-likeness (QED) is 0.647. The predicted octanol–water partition coefficient (Wildman–Crippen LogP) is 1.37. The van der Waals surface area contributed by atoms with Crippen LogP contribution in [0.25, 0.3) is 0 Å². The summed E-state index contributed by atoms with van der Waals surface area (Å²) in [6.45, 7) is 5.63. The molecule has 0 amide bonds. The molecule has 0 rings (SSSR count). The van der Waals surface area contributed by atoms with Crippen molar-refractivity contribution in [1.29, 1.82) is 0 Å². The SMILES string of the molecule is CCC(=O)C(O)C(C)CC. The first kappa shape index (κ1) is 9.63. The maximum Gasteiger partial charge on any atom is 0.161 e. The highest BCUT2D eigenvalue weighted by atomic mass is 16.3. The molecule has 0 aromatic rings. The summed E-state index contributed by atoms with van der Waals surface area (Å²) >= 11 is 0. The number of carbonyl (C=O) groups excluding carboxylic acids is 1. The highest BCUT2D eigenvalue weighted by molar-refractivity contribution is 5.82. The van der Waals surface area contributed by atoms with Gasteiger partial charge in [-0.05, 0) is 5.92 Å². The lowest BCUT2D eigenvalue weighted by Gasteiger charge is -2.14. The van der Waals surface area contributed by atoms with Crippen molar-refractivity contribution in [1.82, 2.24) is 0 Å². The van der Waals surface area contributed by atoms with Crippen molar-refractivity contribution < 1.29 is 9.90 Å². The minimum absolute atomic E-state index is 0.0469. The molecule has 1 N–H and O–H groups in total. The Morgan fingerprint density at radius 1 is 1.50 bits per heavy atom. The van der Waals surface area contributed by atoms with Gasteiger partial charge < -0.3 is 5.11 Å². The summed E-state index contributed by atoms with van der Waals surface area (Å²) in [7, 11) is 0. The van der Waals surface area contributed by atoms with E-state index in [-0.39, 0.29) is 11.7 Å². The molecule has 60 valence electrons. The monoisotopic (exact) mass is 144 g/mol. The van der Waals surface area contributed by atoms with Gasteiger partial charge in [0.1, 0.15) is 6.10 Å². The summed E-state index contributed by atoms with van der Waals surface area (Å²) in [6.07, 6.45) is 0.549. The zero-order chi connectivity index (χ0) is 8.15. The van der Waals surface area contributed by atoms with E-state index < -0.39 is 6.10 Å². The number of ketones is 1. The molecule has 0 heterocycles. The van der Waals surface area contributed by atoms with E-state index in [1.54, 1.807) is 6.92 Å². The molecule has 2 heteroatoms. The van der Waals surface area contributed by atoms with Crippen molar-refractivity contribution in [2.24, 2.45) is 5.92 Å². The van der Waals surface area contributed by atoms with E-state index in [4.69, 9.17) is 0 Å². The van der Waals surface area contributed by atoms with Gasteiger partial charge in [0.05, 0.1) is 0 Å². The van der Waals surface area contributed by atoms with Crippen molar-refractivity contribution in [3.8, 4) is 0 Å². The summed E-state index contributed by atoms with van der Waals surface area (Å²) in [4.78, 5) is 10.9. The Hall–Kier alpha value is -0.370. The van der Waals surface area contributed by atoms with Crippen LogP contribution in [-0.4, -0.2) is 17.0 Å². The normalized spacial score (nSPS) is 16.4. The molecule has 2 atom stereocenters. The smallest absolute Gasteiger partial charge is 0.161 e. The number of aliphatic hydroxyl groups is 1. The molecule has 0 bridgehead atoms. The Morgan fingerprint density at radius 2 is 2.00 bits per heavy atom. The fourth-order valence-electron chi connectivity index (χ4n) is 0.750. The minimum Gasteiger partial charge on any atom is -0.385 e. The molecule has 0 aliphatic rings. The molecule has 2 unspecified atom stereocenters. The third-order valence-electron chi connectivity index (χ3n) is 1.86. The van der Waals surface area contributed by atoms with Crippen LogP contribution in [0, 0.1) is 5.92 Å². The lowest BCUT2D eigenvalue weighted by Crippen LogP contribution is -2.26. The van der Waals surface area contributed by atoms with Crippen LogP contribution in [0.3, 0.4) is 0 Å². The number of carbonyl (C=O) groups is 1. The molecule has 0 aromatic heterocycles. The van der Waals surface area contributed by atoms with E-state index in [1.165, 1.54) is 0 Å². The molecule has 0 aromatic carbocycles. The number of hydrogen-bond acceptors (Lipinski definition) is 2. The Bertz CT molecular complexity index is 110. The summed E-state index contributed by atoms with van der Waals surface area (Å²) in [6, 6.07) is 0. The maximum atomic E-state index is 10.9. The number of aliphatic hydroxyl groups excluding tert-OH is 1. The zero-order valence-corrected chi connectivity index (χ0v) is 6.92. The van der Waals surface area contributed by atoms with Crippen molar-refractivity contribution in [3.63, 3.8) is 0 Å². The van der Waals surface area contributed by atoms with E-state index in [1.807, 2.05) is 13.8 Å². The molecule has 10 heavy (non-hydrogen) atoms. The summed E-state index contributed by atoms with van der Waals surface area (Å²) in [5.74, 6) is 0.0572. The van der Waals surface area contributed by atoms with Crippen LogP contribution in [0.4, 0.5) is 0 Å². The van der Waals surface area contributed by atoms with Crippen molar-refractivity contribution in [2.75, 3.05) is 0 Å². The van der Waals surface area contributed by atoms with Crippen LogP contribution >= 0.6 is 0 Å². The van der Waals surface area contributed by atoms with Crippen LogP contribution in [-0.2, 0) is 4.79 Å². The first-order valence-corrected chi connectivity index (χ1v) is 3.84. The Labute approximate surface area is 62.2 Å². The fraction of sp³-hybridized carbons (Fsp3) is 0.875. The van der Waals surface area contributed by atoms with Crippen LogP contribution in [0.15, 0.2) is 0 Å². The fourth-order valence-corrected chi connectivity index (χ4v) is 0.750. The highest BCUT2D eigenvalue weighted by Gasteiger charge is 2.18. The average Bonchev–Trinajstić information content (AvgIpc) is 2.00. The van der Waals surface area contributed by atoms with Crippen LogP contribution < -0.4 is 0 Å². The Balaban J connectivity index is 3.81. The van der Waals surface area contributed by atoms with Crippen LogP contribution in [0.5, 0.6) is 0 Å². The molecule has 0 spiro atoms. The van der Waals surface area contributed by atoms with Gasteiger partial charge in [-0.3, -0.25) is 4.79 Å². The predicted molar refractivity (Wildman–Crippen MR) is 40.8 cm³/mol. The van der Waals surface area contributed by atoms with Crippen molar-refractivity contribution in [3.05, 3.63) is 0 Å². The third-order valence-corrected chi connectivity index (χ3v) is 1.86. The van der Waals surface area contributed by atoms with Gasteiger partial charge in [-0.1, -0.05) is 27.2 Å². The molecule has 0 saturated carbocycles. The molecule has 0 saturated heterocycles. The second kappa shape index (κ2) is 4.45. The third kappa shape index (κ3) is 2.48. The summed E-state index contributed by atoms with van der Waals surface area (Å²) in [5.41, 5.74) is 0. The van der Waals surface area contributed by atoms with Gasteiger partial charge in [0.25, 0.3) is 0 Å². The van der Waals surface area contributed by atoms with E-state index in [9.17, 15) is 9.90 Å².